The normalized spacial score (nSPS) is 12.6. The molecule has 5 nitrogen and oxygen atoms in total. The quantitative estimate of drug-likeness (QED) is 0.844. The number of nitrogens with two attached hydrogens (primary N) is 1. The largest absolute Gasteiger partial charge is 0.497 e. The van der Waals surface area contributed by atoms with Crippen molar-refractivity contribution in [1.29, 1.82) is 0 Å². The minimum absolute atomic E-state index is 0.399. The molecule has 0 bridgehead atoms. The molecule has 2 rings (SSSR count). The van der Waals surface area contributed by atoms with Crippen molar-refractivity contribution in [3.8, 4) is 5.75 Å². The van der Waals surface area contributed by atoms with Crippen LogP contribution in [0.1, 0.15) is 11.0 Å². The molecule has 0 aliphatic rings. The lowest BCUT2D eigenvalue weighted by molar-refractivity contribution is -0.138. The topological polar surface area (TPSA) is 85.4 Å². The zero-order valence-corrected chi connectivity index (χ0v) is 9.32. The summed E-state index contributed by atoms with van der Waals surface area (Å²) in [5.41, 5.74) is 6.19. The Morgan fingerprint density at radius 2 is 2.38 bits per heavy atom. The number of hydrogen-bond donors (Lipinski definition) is 2. The lowest BCUT2D eigenvalue weighted by Crippen LogP contribution is -2.20. The lowest BCUT2D eigenvalue weighted by atomic mass is 10.3. The Morgan fingerprint density at radius 3 is 3.00 bits per heavy atom. The number of fused-ring (bicyclic) bond motifs is 1. The van der Waals surface area contributed by atoms with Crippen LogP contribution < -0.4 is 10.5 Å². The average molecular weight is 238 g/mol. The van der Waals surface area contributed by atoms with Crippen LogP contribution in [0.25, 0.3) is 10.2 Å². The maximum absolute atomic E-state index is 10.7. The Bertz CT molecular complexity index is 538. The summed E-state index contributed by atoms with van der Waals surface area (Å²) in [6.45, 7) is 0. The van der Waals surface area contributed by atoms with Crippen LogP contribution in [-0.2, 0) is 4.79 Å². The van der Waals surface area contributed by atoms with Gasteiger partial charge in [0.15, 0.2) is 6.04 Å². The Kier molecular flexibility index (Phi) is 2.76. The van der Waals surface area contributed by atoms with Crippen molar-refractivity contribution in [3.05, 3.63) is 23.2 Å². The van der Waals surface area contributed by atoms with E-state index in [2.05, 4.69) is 4.98 Å². The SMILES string of the molecule is COc1ccc2sc(C(N)C(=O)O)nc2c1. The van der Waals surface area contributed by atoms with E-state index in [9.17, 15) is 4.79 Å². The fraction of sp³-hybridized carbons (Fsp3) is 0.200. The van der Waals surface area contributed by atoms with Gasteiger partial charge in [-0.05, 0) is 12.1 Å². The standard InChI is InChI=1S/C10H10N2O3S/c1-15-5-2-3-7-6(4-5)12-9(16-7)8(11)10(13)14/h2-4,8H,11H2,1H3,(H,13,14). The maximum atomic E-state index is 10.7. The number of aliphatic carboxylic acids is 1. The smallest absolute Gasteiger partial charge is 0.327 e. The molecule has 0 aliphatic carbocycles. The van der Waals surface area contributed by atoms with Crippen molar-refractivity contribution < 1.29 is 14.6 Å². The molecule has 1 heterocycles. The predicted octanol–water partition coefficient (Wildman–Crippen LogP) is 1.39. The molecular weight excluding hydrogens is 228 g/mol. The van der Waals surface area contributed by atoms with Gasteiger partial charge < -0.3 is 15.6 Å². The molecule has 0 aliphatic heterocycles. The number of ether oxygens (including phenoxy) is 1. The van der Waals surface area contributed by atoms with Gasteiger partial charge in [0, 0.05) is 6.07 Å². The van der Waals surface area contributed by atoms with Gasteiger partial charge in [0.25, 0.3) is 0 Å². The summed E-state index contributed by atoms with van der Waals surface area (Å²) in [5.74, 6) is -0.390. The number of benzene rings is 1. The van der Waals surface area contributed by atoms with Gasteiger partial charge in [-0.3, -0.25) is 4.79 Å². The Labute approximate surface area is 95.5 Å². The van der Waals surface area contributed by atoms with Gasteiger partial charge in [-0.15, -0.1) is 11.3 Å². The summed E-state index contributed by atoms with van der Waals surface area (Å²) in [6.07, 6.45) is 0. The number of carbonyl (C=O) groups is 1. The Hall–Kier alpha value is -1.66. The molecule has 0 saturated heterocycles. The Balaban J connectivity index is 2.47. The van der Waals surface area contributed by atoms with Crippen molar-refractivity contribution in [3.63, 3.8) is 0 Å². The van der Waals surface area contributed by atoms with Crippen LogP contribution in [-0.4, -0.2) is 23.2 Å². The third-order valence-corrected chi connectivity index (χ3v) is 3.26. The maximum Gasteiger partial charge on any atom is 0.327 e. The molecule has 84 valence electrons. The summed E-state index contributed by atoms with van der Waals surface area (Å²) >= 11 is 1.28. The van der Waals surface area contributed by atoms with Crippen molar-refractivity contribution in [2.45, 2.75) is 6.04 Å². The van der Waals surface area contributed by atoms with E-state index in [-0.39, 0.29) is 0 Å². The molecule has 1 aromatic carbocycles. The summed E-state index contributed by atoms with van der Waals surface area (Å²) < 4.78 is 5.95. The van der Waals surface area contributed by atoms with Crippen LogP contribution in [0.4, 0.5) is 0 Å². The fourth-order valence-electron chi connectivity index (χ4n) is 1.29. The number of carboxylic acid groups (broad SMARTS) is 1. The number of hydrogen-bond acceptors (Lipinski definition) is 5. The second-order valence-corrected chi connectivity index (χ2v) is 4.26. The van der Waals surface area contributed by atoms with Gasteiger partial charge in [-0.2, -0.15) is 0 Å². The van der Waals surface area contributed by atoms with Crippen molar-refractivity contribution in [2.24, 2.45) is 5.73 Å². The highest BCUT2D eigenvalue weighted by Crippen LogP contribution is 2.28. The molecule has 0 amide bonds. The molecular formula is C10H10N2O3S. The zero-order valence-electron chi connectivity index (χ0n) is 8.51. The lowest BCUT2D eigenvalue weighted by Gasteiger charge is -1.99. The number of nitrogens with zero attached hydrogens (tertiary/aromatic N) is 1. The van der Waals surface area contributed by atoms with Crippen LogP contribution in [0.15, 0.2) is 18.2 Å². The third kappa shape index (κ3) is 1.84. The molecule has 3 N–H and O–H groups in total. The van der Waals surface area contributed by atoms with Crippen molar-refractivity contribution in [2.75, 3.05) is 7.11 Å². The second-order valence-electron chi connectivity index (χ2n) is 3.20. The number of methoxy groups -OCH3 is 1. The Morgan fingerprint density at radius 1 is 1.62 bits per heavy atom. The van der Waals surface area contributed by atoms with E-state index in [0.29, 0.717) is 16.3 Å². The van der Waals surface area contributed by atoms with E-state index >= 15 is 0 Å². The number of aromatic nitrogens is 1. The van der Waals surface area contributed by atoms with Crippen LogP contribution in [0, 0.1) is 0 Å². The highest BCUT2D eigenvalue weighted by Gasteiger charge is 2.18. The van der Waals surface area contributed by atoms with E-state index in [0.717, 1.165) is 4.70 Å². The average Bonchev–Trinajstić information content (AvgIpc) is 2.69. The fourth-order valence-corrected chi connectivity index (χ4v) is 2.23. The minimum atomic E-state index is -1.08. The van der Waals surface area contributed by atoms with Crippen LogP contribution >= 0.6 is 11.3 Å². The van der Waals surface area contributed by atoms with Crippen LogP contribution in [0.3, 0.4) is 0 Å². The first kappa shape index (κ1) is 10.8. The van der Waals surface area contributed by atoms with Crippen molar-refractivity contribution in [1.82, 2.24) is 4.98 Å². The zero-order chi connectivity index (χ0) is 11.7. The second kappa shape index (κ2) is 4.07. The summed E-state index contributed by atoms with van der Waals surface area (Å²) in [6, 6.07) is 4.33. The molecule has 0 radical (unpaired) electrons. The molecule has 0 fully saturated rings. The van der Waals surface area contributed by atoms with Crippen LogP contribution in [0.2, 0.25) is 0 Å². The van der Waals surface area contributed by atoms with Gasteiger partial charge in [0.2, 0.25) is 0 Å². The monoisotopic (exact) mass is 238 g/mol. The van der Waals surface area contributed by atoms with Crippen LogP contribution in [0.5, 0.6) is 5.75 Å². The highest BCUT2D eigenvalue weighted by molar-refractivity contribution is 7.18. The summed E-state index contributed by atoms with van der Waals surface area (Å²) in [4.78, 5) is 14.9. The number of thiazole rings is 1. The molecule has 2 aromatic rings. The molecule has 16 heavy (non-hydrogen) atoms. The van der Waals surface area contributed by atoms with E-state index in [1.54, 1.807) is 19.2 Å². The van der Waals surface area contributed by atoms with E-state index in [1.807, 2.05) is 6.07 Å². The predicted molar refractivity (Wildman–Crippen MR) is 60.7 cm³/mol. The molecule has 0 spiro atoms. The van der Waals surface area contributed by atoms with Gasteiger partial charge in [-0.25, -0.2) is 4.98 Å². The first-order valence-corrected chi connectivity index (χ1v) is 5.36. The first-order chi connectivity index (χ1) is 7.61. The van der Waals surface area contributed by atoms with Gasteiger partial charge >= 0.3 is 5.97 Å². The van der Waals surface area contributed by atoms with Gasteiger partial charge in [0.05, 0.1) is 17.3 Å². The number of rotatable bonds is 3. The molecule has 0 saturated carbocycles. The van der Waals surface area contributed by atoms with E-state index in [4.69, 9.17) is 15.6 Å². The molecule has 6 heteroatoms. The van der Waals surface area contributed by atoms with Gasteiger partial charge in [-0.1, -0.05) is 0 Å². The minimum Gasteiger partial charge on any atom is -0.497 e. The molecule has 1 unspecified atom stereocenters. The number of carboxylic acids is 1. The van der Waals surface area contributed by atoms with E-state index in [1.165, 1.54) is 11.3 Å². The first-order valence-electron chi connectivity index (χ1n) is 4.54. The highest BCUT2D eigenvalue weighted by atomic mass is 32.1. The summed E-state index contributed by atoms with van der Waals surface area (Å²) in [7, 11) is 1.57. The van der Waals surface area contributed by atoms with E-state index < -0.39 is 12.0 Å². The van der Waals surface area contributed by atoms with Gasteiger partial charge in [0.1, 0.15) is 10.8 Å². The third-order valence-electron chi connectivity index (χ3n) is 2.14. The molecule has 1 atom stereocenters. The molecule has 1 aromatic heterocycles. The summed E-state index contributed by atoms with van der Waals surface area (Å²) in [5, 5.41) is 9.18. The van der Waals surface area contributed by atoms with Crippen molar-refractivity contribution >= 4 is 27.5 Å².